The molecule has 0 saturated carbocycles. The van der Waals surface area contributed by atoms with Gasteiger partial charge in [-0.15, -0.1) is 0 Å². The topological polar surface area (TPSA) is 47.1 Å². The summed E-state index contributed by atoms with van der Waals surface area (Å²) in [5.41, 5.74) is 2.78. The standard InChI is InChI=1S/C17H16N2O2/c1-20-14-9-6-10-15(21-2)16(14)13-11-18-17(19-13)12-7-4-3-5-8-12/h3-11H,1-2H3,(H,18,19). The van der Waals surface area contributed by atoms with E-state index < -0.39 is 0 Å². The molecule has 0 aliphatic carbocycles. The van der Waals surface area contributed by atoms with Crippen LogP contribution in [0, 0.1) is 0 Å². The molecule has 0 amide bonds. The van der Waals surface area contributed by atoms with Gasteiger partial charge in [-0.05, 0) is 12.1 Å². The van der Waals surface area contributed by atoms with Crippen molar-refractivity contribution < 1.29 is 9.47 Å². The molecule has 0 fully saturated rings. The maximum Gasteiger partial charge on any atom is 0.137 e. The fourth-order valence-corrected chi connectivity index (χ4v) is 2.31. The van der Waals surface area contributed by atoms with Crippen LogP contribution in [0.15, 0.2) is 54.7 Å². The van der Waals surface area contributed by atoms with Gasteiger partial charge in [-0.3, -0.25) is 0 Å². The fraction of sp³-hybridized carbons (Fsp3) is 0.118. The number of aromatic amines is 1. The molecule has 3 aromatic rings. The van der Waals surface area contributed by atoms with Crippen LogP contribution in [0.25, 0.3) is 22.6 Å². The number of rotatable bonds is 4. The molecule has 0 saturated heterocycles. The van der Waals surface area contributed by atoms with Gasteiger partial charge in [-0.1, -0.05) is 36.4 Å². The smallest absolute Gasteiger partial charge is 0.137 e. The third-order valence-electron chi connectivity index (χ3n) is 3.32. The lowest BCUT2D eigenvalue weighted by molar-refractivity contribution is 0.397. The summed E-state index contributed by atoms with van der Waals surface area (Å²) >= 11 is 0. The van der Waals surface area contributed by atoms with Gasteiger partial charge in [-0.25, -0.2) is 4.98 Å². The highest BCUT2D eigenvalue weighted by molar-refractivity contribution is 5.75. The minimum Gasteiger partial charge on any atom is -0.496 e. The Kier molecular flexibility index (Phi) is 3.60. The van der Waals surface area contributed by atoms with Gasteiger partial charge in [0.2, 0.25) is 0 Å². The highest BCUT2D eigenvalue weighted by Gasteiger charge is 2.15. The Hall–Kier alpha value is -2.75. The van der Waals surface area contributed by atoms with Crippen molar-refractivity contribution in [2.24, 2.45) is 0 Å². The van der Waals surface area contributed by atoms with Crippen molar-refractivity contribution in [3.63, 3.8) is 0 Å². The molecule has 4 nitrogen and oxygen atoms in total. The highest BCUT2D eigenvalue weighted by Crippen LogP contribution is 2.37. The van der Waals surface area contributed by atoms with Crippen molar-refractivity contribution in [1.29, 1.82) is 0 Å². The van der Waals surface area contributed by atoms with Crippen molar-refractivity contribution in [3.05, 3.63) is 54.7 Å². The number of nitrogens with zero attached hydrogens (tertiary/aromatic N) is 1. The number of benzene rings is 2. The van der Waals surface area contributed by atoms with Crippen molar-refractivity contribution >= 4 is 0 Å². The predicted molar refractivity (Wildman–Crippen MR) is 82.6 cm³/mol. The summed E-state index contributed by atoms with van der Waals surface area (Å²) in [6, 6.07) is 15.7. The van der Waals surface area contributed by atoms with E-state index in [1.807, 2.05) is 48.5 Å². The lowest BCUT2D eigenvalue weighted by atomic mass is 10.1. The van der Waals surface area contributed by atoms with Crippen LogP contribution in [-0.4, -0.2) is 24.2 Å². The number of imidazole rings is 1. The second kappa shape index (κ2) is 5.71. The summed E-state index contributed by atoms with van der Waals surface area (Å²) < 4.78 is 10.9. The monoisotopic (exact) mass is 280 g/mol. The van der Waals surface area contributed by atoms with Crippen LogP contribution in [0.4, 0.5) is 0 Å². The summed E-state index contributed by atoms with van der Waals surface area (Å²) in [5, 5.41) is 0. The molecule has 4 heteroatoms. The summed E-state index contributed by atoms with van der Waals surface area (Å²) in [7, 11) is 3.29. The summed E-state index contributed by atoms with van der Waals surface area (Å²) in [5.74, 6) is 2.31. The average Bonchev–Trinajstić information content (AvgIpc) is 3.04. The Morgan fingerprint density at radius 2 is 1.52 bits per heavy atom. The number of hydrogen-bond acceptors (Lipinski definition) is 3. The predicted octanol–water partition coefficient (Wildman–Crippen LogP) is 3.76. The first kappa shape index (κ1) is 13.2. The highest BCUT2D eigenvalue weighted by atomic mass is 16.5. The Morgan fingerprint density at radius 1 is 0.857 bits per heavy atom. The second-order valence-corrected chi connectivity index (χ2v) is 4.55. The van der Waals surface area contributed by atoms with E-state index in [4.69, 9.17) is 9.47 Å². The minimum atomic E-state index is 0.748. The van der Waals surface area contributed by atoms with E-state index in [1.54, 1.807) is 20.4 Å². The van der Waals surface area contributed by atoms with Crippen LogP contribution in [-0.2, 0) is 0 Å². The first-order valence-corrected chi connectivity index (χ1v) is 6.65. The van der Waals surface area contributed by atoms with E-state index in [0.717, 1.165) is 34.1 Å². The Bertz CT molecular complexity index is 713. The lowest BCUT2D eigenvalue weighted by Gasteiger charge is -2.11. The van der Waals surface area contributed by atoms with Crippen molar-refractivity contribution in [3.8, 4) is 34.1 Å². The van der Waals surface area contributed by atoms with Crippen molar-refractivity contribution in [2.75, 3.05) is 14.2 Å². The third kappa shape index (κ3) is 2.48. The van der Waals surface area contributed by atoms with Gasteiger partial charge in [0, 0.05) is 5.56 Å². The molecule has 21 heavy (non-hydrogen) atoms. The molecular weight excluding hydrogens is 264 g/mol. The van der Waals surface area contributed by atoms with E-state index in [-0.39, 0.29) is 0 Å². The van der Waals surface area contributed by atoms with E-state index in [2.05, 4.69) is 9.97 Å². The molecule has 2 aromatic carbocycles. The first-order chi connectivity index (χ1) is 10.3. The number of ether oxygens (including phenoxy) is 2. The SMILES string of the molecule is COc1cccc(OC)c1-c1cnc(-c2ccccc2)[nH]1. The average molecular weight is 280 g/mol. The van der Waals surface area contributed by atoms with E-state index in [9.17, 15) is 0 Å². The summed E-state index contributed by atoms with van der Waals surface area (Å²) in [6.07, 6.45) is 1.79. The molecule has 1 heterocycles. The Balaban J connectivity index is 2.08. The van der Waals surface area contributed by atoms with E-state index in [1.165, 1.54) is 0 Å². The number of nitrogens with one attached hydrogen (secondary N) is 1. The number of aromatic nitrogens is 2. The number of hydrogen-bond donors (Lipinski definition) is 1. The maximum atomic E-state index is 5.43. The van der Waals surface area contributed by atoms with Crippen LogP contribution in [0.1, 0.15) is 0 Å². The van der Waals surface area contributed by atoms with Crippen molar-refractivity contribution in [2.45, 2.75) is 0 Å². The zero-order valence-corrected chi connectivity index (χ0v) is 12.0. The number of methoxy groups -OCH3 is 2. The van der Waals surface area contributed by atoms with Gasteiger partial charge in [0.15, 0.2) is 0 Å². The normalized spacial score (nSPS) is 10.4. The number of H-pyrrole nitrogens is 1. The fourth-order valence-electron chi connectivity index (χ4n) is 2.31. The van der Waals surface area contributed by atoms with Gasteiger partial charge in [0.1, 0.15) is 17.3 Å². The Labute approximate surface area is 123 Å². The quantitative estimate of drug-likeness (QED) is 0.791. The first-order valence-electron chi connectivity index (χ1n) is 6.65. The zero-order valence-electron chi connectivity index (χ0n) is 12.0. The largest absolute Gasteiger partial charge is 0.496 e. The van der Waals surface area contributed by atoms with Crippen LogP contribution in [0.2, 0.25) is 0 Å². The molecule has 3 rings (SSSR count). The van der Waals surface area contributed by atoms with Crippen LogP contribution in [0.3, 0.4) is 0 Å². The molecule has 0 unspecified atom stereocenters. The summed E-state index contributed by atoms with van der Waals surface area (Å²) in [4.78, 5) is 7.77. The van der Waals surface area contributed by atoms with Gasteiger partial charge in [0.05, 0.1) is 31.7 Å². The summed E-state index contributed by atoms with van der Waals surface area (Å²) in [6.45, 7) is 0. The molecule has 0 bridgehead atoms. The molecule has 1 aromatic heterocycles. The molecule has 1 N–H and O–H groups in total. The molecule has 106 valence electrons. The Morgan fingerprint density at radius 3 is 2.14 bits per heavy atom. The maximum absolute atomic E-state index is 5.43. The second-order valence-electron chi connectivity index (χ2n) is 4.55. The molecule has 0 aliphatic heterocycles. The van der Waals surface area contributed by atoms with E-state index >= 15 is 0 Å². The van der Waals surface area contributed by atoms with Crippen LogP contribution < -0.4 is 9.47 Å². The lowest BCUT2D eigenvalue weighted by Crippen LogP contribution is -1.93. The molecule has 0 aliphatic rings. The van der Waals surface area contributed by atoms with Gasteiger partial charge in [0.25, 0.3) is 0 Å². The minimum absolute atomic E-state index is 0.748. The molecular formula is C17H16N2O2. The van der Waals surface area contributed by atoms with Gasteiger partial charge < -0.3 is 14.5 Å². The van der Waals surface area contributed by atoms with Gasteiger partial charge >= 0.3 is 0 Å². The van der Waals surface area contributed by atoms with Crippen molar-refractivity contribution in [1.82, 2.24) is 9.97 Å². The molecule has 0 radical (unpaired) electrons. The van der Waals surface area contributed by atoms with Gasteiger partial charge in [-0.2, -0.15) is 0 Å². The van der Waals surface area contributed by atoms with Crippen LogP contribution in [0.5, 0.6) is 11.5 Å². The zero-order chi connectivity index (χ0) is 14.7. The van der Waals surface area contributed by atoms with Crippen LogP contribution >= 0.6 is 0 Å². The van der Waals surface area contributed by atoms with E-state index in [0.29, 0.717) is 0 Å². The molecule has 0 spiro atoms. The molecule has 0 atom stereocenters. The third-order valence-corrected chi connectivity index (χ3v) is 3.32.